The van der Waals surface area contributed by atoms with Gasteiger partial charge in [-0.2, -0.15) is 5.10 Å². The zero-order chi connectivity index (χ0) is 20.6. The SMILES string of the molecule is Cn1cc(C2=CN=C(Nc3cc(Cl)cc(Cl)c3)NC2(N)C2CCC(N)CC2)cn1. The minimum absolute atomic E-state index is 0.212. The summed E-state index contributed by atoms with van der Waals surface area (Å²) in [7, 11) is 1.89. The molecule has 1 atom stereocenters. The maximum Gasteiger partial charge on any atom is 0.202 e. The molecule has 0 amide bonds. The highest BCUT2D eigenvalue weighted by Gasteiger charge is 2.43. The Labute approximate surface area is 180 Å². The summed E-state index contributed by atoms with van der Waals surface area (Å²) in [6, 6.07) is 5.50. The van der Waals surface area contributed by atoms with Gasteiger partial charge in [-0.25, -0.2) is 4.99 Å². The molecule has 0 bridgehead atoms. The topological polar surface area (TPSA) is 106 Å². The summed E-state index contributed by atoms with van der Waals surface area (Å²) in [4.78, 5) is 4.56. The van der Waals surface area contributed by atoms with Gasteiger partial charge in [-0.1, -0.05) is 23.2 Å². The molecule has 154 valence electrons. The van der Waals surface area contributed by atoms with Crippen molar-refractivity contribution in [1.82, 2.24) is 15.1 Å². The van der Waals surface area contributed by atoms with E-state index < -0.39 is 5.66 Å². The van der Waals surface area contributed by atoms with Crippen molar-refractivity contribution in [3.05, 3.63) is 52.4 Å². The summed E-state index contributed by atoms with van der Waals surface area (Å²) < 4.78 is 1.76. The second-order valence-corrected chi connectivity index (χ2v) is 8.68. The van der Waals surface area contributed by atoms with Gasteiger partial charge in [0.15, 0.2) is 0 Å². The van der Waals surface area contributed by atoms with E-state index in [4.69, 9.17) is 34.7 Å². The average Bonchev–Trinajstić information content (AvgIpc) is 3.07. The summed E-state index contributed by atoms with van der Waals surface area (Å²) in [5.74, 6) is 0.761. The molecule has 1 aliphatic heterocycles. The Morgan fingerprint density at radius 2 is 1.86 bits per heavy atom. The summed E-state index contributed by atoms with van der Waals surface area (Å²) >= 11 is 12.2. The van der Waals surface area contributed by atoms with Crippen LogP contribution in [0, 0.1) is 5.92 Å². The Morgan fingerprint density at radius 3 is 2.48 bits per heavy atom. The van der Waals surface area contributed by atoms with Crippen LogP contribution in [0.2, 0.25) is 10.0 Å². The summed E-state index contributed by atoms with van der Waals surface area (Å²) in [5.41, 5.74) is 15.0. The first-order valence-corrected chi connectivity index (χ1v) is 10.4. The molecular weight excluding hydrogens is 409 g/mol. The first-order chi connectivity index (χ1) is 13.8. The molecule has 2 heterocycles. The fourth-order valence-electron chi connectivity index (χ4n) is 4.13. The summed E-state index contributed by atoms with van der Waals surface area (Å²) in [5, 5.41) is 12.1. The van der Waals surface area contributed by atoms with E-state index in [1.807, 2.05) is 25.6 Å². The summed E-state index contributed by atoms with van der Waals surface area (Å²) in [6.07, 6.45) is 9.38. The second kappa shape index (κ2) is 7.99. The van der Waals surface area contributed by atoms with Gasteiger partial charge in [-0.05, 0) is 49.8 Å². The molecule has 6 N–H and O–H groups in total. The standard InChI is InChI=1S/C20H25Cl2N7/c1-29-11-12(9-26-29)18-10-25-19(27-17-7-14(21)6-15(22)8-17)28-20(18,24)13-2-4-16(23)5-3-13/h6-11,13,16H,2-5,23-24H2,1H3,(H2,25,27,28). The molecule has 1 aromatic carbocycles. The lowest BCUT2D eigenvalue weighted by Crippen LogP contribution is -2.64. The van der Waals surface area contributed by atoms with Crippen LogP contribution in [-0.2, 0) is 7.05 Å². The largest absolute Gasteiger partial charge is 0.334 e. The lowest BCUT2D eigenvalue weighted by molar-refractivity contribution is 0.226. The van der Waals surface area contributed by atoms with E-state index in [0.717, 1.165) is 42.5 Å². The quantitative estimate of drug-likeness (QED) is 0.593. The van der Waals surface area contributed by atoms with Gasteiger partial charge in [-0.3, -0.25) is 4.68 Å². The Morgan fingerprint density at radius 1 is 1.17 bits per heavy atom. The van der Waals surface area contributed by atoms with Gasteiger partial charge >= 0.3 is 0 Å². The predicted octanol–water partition coefficient (Wildman–Crippen LogP) is 3.31. The number of aromatic nitrogens is 2. The average molecular weight is 434 g/mol. The predicted molar refractivity (Wildman–Crippen MR) is 119 cm³/mol. The van der Waals surface area contributed by atoms with E-state index in [1.165, 1.54) is 0 Å². The molecule has 0 radical (unpaired) electrons. The molecule has 1 unspecified atom stereocenters. The third-order valence-electron chi connectivity index (χ3n) is 5.65. The number of hydrogen-bond donors (Lipinski definition) is 4. The van der Waals surface area contributed by atoms with Crippen molar-refractivity contribution in [3.8, 4) is 0 Å². The fraction of sp³-hybridized carbons (Fsp3) is 0.400. The number of aliphatic imine (C=N–C) groups is 1. The Balaban J connectivity index is 1.67. The third kappa shape index (κ3) is 4.28. The number of nitrogens with one attached hydrogen (secondary N) is 2. The molecule has 2 aliphatic rings. The van der Waals surface area contributed by atoms with Crippen molar-refractivity contribution >= 4 is 40.4 Å². The van der Waals surface area contributed by atoms with Gasteiger partial charge in [0, 0.05) is 52.4 Å². The van der Waals surface area contributed by atoms with Gasteiger partial charge in [0.1, 0.15) is 5.66 Å². The number of nitrogens with zero attached hydrogens (tertiary/aromatic N) is 3. The number of rotatable bonds is 3. The number of guanidine groups is 1. The van der Waals surface area contributed by atoms with Crippen LogP contribution in [-0.4, -0.2) is 27.4 Å². The molecule has 1 fully saturated rings. The molecule has 2 aromatic rings. The van der Waals surface area contributed by atoms with E-state index in [2.05, 4.69) is 20.7 Å². The first-order valence-electron chi connectivity index (χ1n) is 9.67. The van der Waals surface area contributed by atoms with Crippen molar-refractivity contribution in [1.29, 1.82) is 0 Å². The van der Waals surface area contributed by atoms with Crippen molar-refractivity contribution in [2.75, 3.05) is 5.32 Å². The lowest BCUT2D eigenvalue weighted by atomic mass is 9.74. The molecule has 7 nitrogen and oxygen atoms in total. The molecule has 4 rings (SSSR count). The fourth-order valence-corrected chi connectivity index (χ4v) is 4.65. The van der Waals surface area contributed by atoms with Crippen molar-refractivity contribution in [2.45, 2.75) is 37.4 Å². The van der Waals surface area contributed by atoms with Gasteiger partial charge in [0.25, 0.3) is 0 Å². The van der Waals surface area contributed by atoms with Gasteiger partial charge in [0.2, 0.25) is 5.96 Å². The maximum absolute atomic E-state index is 7.04. The normalized spacial score (nSPS) is 27.1. The van der Waals surface area contributed by atoms with Crippen LogP contribution in [0.3, 0.4) is 0 Å². The number of anilines is 1. The van der Waals surface area contributed by atoms with E-state index in [-0.39, 0.29) is 12.0 Å². The number of benzene rings is 1. The smallest absolute Gasteiger partial charge is 0.202 e. The lowest BCUT2D eigenvalue weighted by Gasteiger charge is -2.44. The van der Waals surface area contributed by atoms with Crippen LogP contribution in [0.4, 0.5) is 5.69 Å². The highest BCUT2D eigenvalue weighted by Crippen LogP contribution is 2.39. The van der Waals surface area contributed by atoms with Crippen LogP contribution in [0.25, 0.3) is 5.57 Å². The summed E-state index contributed by atoms with van der Waals surface area (Å²) in [6.45, 7) is 0. The van der Waals surface area contributed by atoms with Crippen LogP contribution in [0.5, 0.6) is 0 Å². The second-order valence-electron chi connectivity index (χ2n) is 7.81. The van der Waals surface area contributed by atoms with E-state index >= 15 is 0 Å². The Bertz CT molecular complexity index is 939. The monoisotopic (exact) mass is 433 g/mol. The van der Waals surface area contributed by atoms with Crippen LogP contribution >= 0.6 is 23.2 Å². The van der Waals surface area contributed by atoms with Crippen molar-refractivity contribution < 1.29 is 0 Å². The highest BCUT2D eigenvalue weighted by molar-refractivity contribution is 6.35. The van der Waals surface area contributed by atoms with E-state index in [1.54, 1.807) is 22.9 Å². The van der Waals surface area contributed by atoms with Gasteiger partial charge < -0.3 is 22.1 Å². The first kappa shape index (κ1) is 20.2. The maximum atomic E-state index is 7.04. The minimum atomic E-state index is -0.796. The van der Waals surface area contributed by atoms with E-state index in [9.17, 15) is 0 Å². The highest BCUT2D eigenvalue weighted by atomic mass is 35.5. The van der Waals surface area contributed by atoms with Crippen LogP contribution in [0.1, 0.15) is 31.2 Å². The number of aryl methyl sites for hydroxylation is 1. The molecular formula is C20H25Cl2N7. The molecule has 9 heteroatoms. The van der Waals surface area contributed by atoms with E-state index in [0.29, 0.717) is 16.0 Å². The molecule has 0 saturated heterocycles. The zero-order valence-electron chi connectivity index (χ0n) is 16.2. The molecule has 0 spiro atoms. The molecule has 29 heavy (non-hydrogen) atoms. The van der Waals surface area contributed by atoms with Crippen LogP contribution in [0.15, 0.2) is 41.8 Å². The van der Waals surface area contributed by atoms with Crippen molar-refractivity contribution in [3.63, 3.8) is 0 Å². The minimum Gasteiger partial charge on any atom is -0.334 e. The van der Waals surface area contributed by atoms with Gasteiger partial charge in [0.05, 0.1) is 6.20 Å². The number of hydrogen-bond acceptors (Lipinski definition) is 6. The Hall–Kier alpha value is -2.06. The van der Waals surface area contributed by atoms with Crippen molar-refractivity contribution in [2.24, 2.45) is 29.4 Å². The Kier molecular flexibility index (Phi) is 5.57. The number of nitrogens with two attached hydrogens (primary N) is 2. The molecule has 1 saturated carbocycles. The molecule has 1 aliphatic carbocycles. The van der Waals surface area contributed by atoms with Crippen LogP contribution < -0.4 is 22.1 Å². The number of halogens is 2. The zero-order valence-corrected chi connectivity index (χ0v) is 17.7. The van der Waals surface area contributed by atoms with Gasteiger partial charge in [-0.15, -0.1) is 0 Å². The molecule has 1 aromatic heterocycles. The third-order valence-corrected chi connectivity index (χ3v) is 6.09.